The third-order valence-electron chi connectivity index (χ3n) is 4.47. The highest BCUT2D eigenvalue weighted by atomic mass is 35.5. The molecule has 3 rings (SSSR count). The molecule has 0 bridgehead atoms. The number of hydrogen-bond donors (Lipinski definition) is 2. The summed E-state index contributed by atoms with van der Waals surface area (Å²) in [7, 11) is 1.80. The van der Waals surface area contributed by atoms with Gasteiger partial charge in [-0.1, -0.05) is 65.8 Å². The minimum atomic E-state index is -0.389. The van der Waals surface area contributed by atoms with Gasteiger partial charge in [-0.05, 0) is 23.3 Å². The minimum absolute atomic E-state index is 0.143. The fourth-order valence-electron chi connectivity index (χ4n) is 2.95. The molecule has 3 aromatic rings. The van der Waals surface area contributed by atoms with E-state index in [1.807, 2.05) is 48.5 Å². The Kier molecular flexibility index (Phi) is 7.48. The number of nitrogens with zero attached hydrogens (tertiary/aromatic N) is 3. The van der Waals surface area contributed by atoms with E-state index >= 15 is 0 Å². The molecule has 0 saturated carbocycles. The van der Waals surface area contributed by atoms with E-state index in [4.69, 9.17) is 17.3 Å². The van der Waals surface area contributed by atoms with Crippen molar-refractivity contribution in [3.8, 4) is 0 Å². The molecule has 0 aliphatic heterocycles. The quantitative estimate of drug-likeness (QED) is 0.495. The molecule has 2 aromatic carbocycles. The van der Waals surface area contributed by atoms with Gasteiger partial charge >= 0.3 is 0 Å². The lowest BCUT2D eigenvalue weighted by Gasteiger charge is -2.20. The average Bonchev–Trinajstić information content (AvgIpc) is 3.09. The van der Waals surface area contributed by atoms with Crippen LogP contribution in [0.25, 0.3) is 0 Å². The topological polar surface area (TPSA) is 103 Å². The zero-order chi connectivity index (χ0) is 21.5. The Balaban J connectivity index is 1.68. The monoisotopic (exact) mass is 443 g/mol. The molecule has 3 N–H and O–H groups in total. The Labute approximate surface area is 184 Å². The molecule has 9 heteroatoms. The van der Waals surface area contributed by atoms with Crippen LogP contribution < -0.4 is 11.1 Å². The predicted octanol–water partition coefficient (Wildman–Crippen LogP) is 2.88. The maximum atomic E-state index is 12.7. The predicted molar refractivity (Wildman–Crippen MR) is 117 cm³/mol. The van der Waals surface area contributed by atoms with Crippen LogP contribution in [-0.4, -0.2) is 32.3 Å². The first kappa shape index (κ1) is 21.9. The van der Waals surface area contributed by atoms with Crippen LogP contribution in [-0.2, 0) is 23.1 Å². The third-order valence-corrected chi connectivity index (χ3v) is 5.73. The summed E-state index contributed by atoms with van der Waals surface area (Å²) in [6, 6.07) is 16.9. The fourth-order valence-corrected chi connectivity index (χ4v) is 3.89. The molecule has 0 fully saturated rings. The number of aryl methyl sites for hydroxylation is 1. The van der Waals surface area contributed by atoms with E-state index in [1.165, 1.54) is 11.8 Å². The van der Waals surface area contributed by atoms with Gasteiger partial charge in [0.1, 0.15) is 5.82 Å². The largest absolute Gasteiger partial charge is 0.370 e. The number of carbonyl (C=O) groups is 2. The average molecular weight is 444 g/mol. The lowest BCUT2D eigenvalue weighted by molar-refractivity contribution is -0.119. The number of benzene rings is 2. The zero-order valence-corrected chi connectivity index (χ0v) is 18.0. The van der Waals surface area contributed by atoms with Crippen molar-refractivity contribution in [3.05, 3.63) is 76.6 Å². The maximum Gasteiger partial charge on any atom is 0.231 e. The van der Waals surface area contributed by atoms with Crippen molar-refractivity contribution in [1.29, 1.82) is 0 Å². The third kappa shape index (κ3) is 5.84. The number of rotatable bonds is 9. The number of primary amides is 1. The number of hydrogen-bond acceptors (Lipinski definition) is 5. The molecule has 0 saturated heterocycles. The highest BCUT2D eigenvalue weighted by Crippen LogP contribution is 2.25. The van der Waals surface area contributed by atoms with Gasteiger partial charge < -0.3 is 15.6 Å². The highest BCUT2D eigenvalue weighted by Gasteiger charge is 2.18. The van der Waals surface area contributed by atoms with Crippen molar-refractivity contribution in [2.45, 2.75) is 24.0 Å². The Bertz CT molecular complexity index is 1030. The van der Waals surface area contributed by atoms with Crippen LogP contribution in [0.1, 0.15) is 29.4 Å². The van der Waals surface area contributed by atoms with Crippen molar-refractivity contribution in [1.82, 2.24) is 20.1 Å². The first-order chi connectivity index (χ1) is 14.4. The molecule has 1 heterocycles. The van der Waals surface area contributed by atoms with Crippen molar-refractivity contribution in [2.24, 2.45) is 12.8 Å². The van der Waals surface area contributed by atoms with Gasteiger partial charge in [-0.2, -0.15) is 0 Å². The van der Waals surface area contributed by atoms with E-state index in [2.05, 4.69) is 15.5 Å². The molecule has 0 aliphatic carbocycles. The van der Waals surface area contributed by atoms with Gasteiger partial charge in [0.25, 0.3) is 0 Å². The molecule has 0 aliphatic rings. The molecule has 7 nitrogen and oxygen atoms in total. The van der Waals surface area contributed by atoms with Gasteiger partial charge in [0.15, 0.2) is 5.16 Å². The van der Waals surface area contributed by atoms with E-state index in [0.29, 0.717) is 22.4 Å². The van der Waals surface area contributed by atoms with Gasteiger partial charge in [0.2, 0.25) is 11.8 Å². The van der Waals surface area contributed by atoms with Crippen molar-refractivity contribution >= 4 is 35.2 Å². The van der Waals surface area contributed by atoms with Crippen LogP contribution in [0.5, 0.6) is 0 Å². The summed E-state index contributed by atoms with van der Waals surface area (Å²) < 4.78 is 1.77. The molecule has 1 atom stereocenters. The van der Waals surface area contributed by atoms with Crippen molar-refractivity contribution < 1.29 is 9.59 Å². The number of nitrogens with two attached hydrogens (primary N) is 1. The number of thioether (sulfide) groups is 1. The Morgan fingerprint density at radius 2 is 1.87 bits per heavy atom. The Hall–Kier alpha value is -2.84. The second-order valence-electron chi connectivity index (χ2n) is 6.68. The van der Waals surface area contributed by atoms with Crippen LogP contribution in [0.2, 0.25) is 5.02 Å². The van der Waals surface area contributed by atoms with E-state index in [-0.39, 0.29) is 30.0 Å². The molecular weight excluding hydrogens is 422 g/mol. The first-order valence-electron chi connectivity index (χ1n) is 9.33. The van der Waals surface area contributed by atoms with Crippen LogP contribution in [0.3, 0.4) is 0 Å². The number of halogens is 1. The van der Waals surface area contributed by atoms with Crippen LogP contribution in [0.4, 0.5) is 0 Å². The molecule has 0 spiro atoms. The van der Waals surface area contributed by atoms with E-state index in [0.717, 1.165) is 11.1 Å². The summed E-state index contributed by atoms with van der Waals surface area (Å²) in [6.45, 7) is 0. The van der Waals surface area contributed by atoms with Gasteiger partial charge in [-0.3, -0.25) is 9.59 Å². The van der Waals surface area contributed by atoms with Crippen LogP contribution in [0.15, 0.2) is 59.8 Å². The van der Waals surface area contributed by atoms with Gasteiger partial charge in [-0.15, -0.1) is 10.2 Å². The second-order valence-corrected chi connectivity index (χ2v) is 8.06. The molecule has 156 valence electrons. The highest BCUT2D eigenvalue weighted by molar-refractivity contribution is 7.99. The summed E-state index contributed by atoms with van der Waals surface area (Å²) >= 11 is 7.44. The number of carbonyl (C=O) groups excluding carboxylic acids is 2. The fraction of sp³-hybridized carbons (Fsp3) is 0.238. The van der Waals surface area contributed by atoms with E-state index in [1.54, 1.807) is 17.7 Å². The normalized spacial score (nSPS) is 11.8. The van der Waals surface area contributed by atoms with Gasteiger partial charge in [-0.25, -0.2) is 0 Å². The Morgan fingerprint density at radius 1 is 1.13 bits per heavy atom. The minimum Gasteiger partial charge on any atom is -0.370 e. The van der Waals surface area contributed by atoms with Gasteiger partial charge in [0.05, 0.1) is 11.8 Å². The summed E-state index contributed by atoms with van der Waals surface area (Å²) in [5, 5.41) is 12.5. The standard InChI is InChI=1S/C21H22ClN5O2S/c1-27-18(11-10-17(23)28)25-26-21(27)30-13-19(29)24-20(14-6-3-2-4-7-14)15-8-5-9-16(22)12-15/h2-9,12,20H,10-11,13H2,1H3,(H2,23,28)(H,24,29). The van der Waals surface area contributed by atoms with Crippen molar-refractivity contribution in [3.63, 3.8) is 0 Å². The van der Waals surface area contributed by atoms with Crippen molar-refractivity contribution in [2.75, 3.05) is 5.75 Å². The smallest absolute Gasteiger partial charge is 0.231 e. The number of nitrogens with one attached hydrogen (secondary N) is 1. The summed E-state index contributed by atoms with van der Waals surface area (Å²) in [4.78, 5) is 23.7. The molecule has 2 amide bonds. The van der Waals surface area contributed by atoms with Crippen LogP contribution in [0, 0.1) is 0 Å². The van der Waals surface area contributed by atoms with E-state index in [9.17, 15) is 9.59 Å². The SMILES string of the molecule is Cn1c(CCC(N)=O)nnc1SCC(=O)NC(c1ccccc1)c1cccc(Cl)c1. The summed E-state index contributed by atoms with van der Waals surface area (Å²) in [5.74, 6) is 0.291. The molecule has 1 aromatic heterocycles. The zero-order valence-electron chi connectivity index (χ0n) is 16.4. The second kappa shape index (κ2) is 10.3. The van der Waals surface area contributed by atoms with Crippen LogP contribution >= 0.6 is 23.4 Å². The lowest BCUT2D eigenvalue weighted by Crippen LogP contribution is -2.30. The Morgan fingerprint density at radius 3 is 2.57 bits per heavy atom. The summed E-state index contributed by atoms with van der Waals surface area (Å²) in [6.07, 6.45) is 0.617. The lowest BCUT2D eigenvalue weighted by atomic mass is 9.99. The first-order valence-corrected chi connectivity index (χ1v) is 10.7. The number of aromatic nitrogens is 3. The van der Waals surface area contributed by atoms with E-state index < -0.39 is 0 Å². The van der Waals surface area contributed by atoms with Gasteiger partial charge in [0, 0.05) is 24.9 Å². The molecule has 1 unspecified atom stereocenters. The number of amides is 2. The molecule has 0 radical (unpaired) electrons. The molecular formula is C21H22ClN5O2S. The summed E-state index contributed by atoms with van der Waals surface area (Å²) in [5.41, 5.74) is 7.05. The maximum absolute atomic E-state index is 12.7. The molecule has 30 heavy (non-hydrogen) atoms.